The predicted molar refractivity (Wildman–Crippen MR) is 38.5 cm³/mol. The molecule has 2 aliphatic rings. The van der Waals surface area contributed by atoms with Crippen LogP contribution in [0.2, 0.25) is 0 Å². The molecule has 8 heavy (non-hydrogen) atoms. The first kappa shape index (κ1) is 4.76. The van der Waals surface area contributed by atoms with Gasteiger partial charge in [0.05, 0.1) is 0 Å². The second-order valence-corrected chi connectivity index (χ2v) is 4.60. The maximum absolute atomic E-state index is 2.38. The van der Waals surface area contributed by atoms with Crippen LogP contribution >= 0.6 is 7.92 Å². The van der Waals surface area contributed by atoms with Crippen LogP contribution in [0.25, 0.3) is 0 Å². The Balaban J connectivity index is 2.33. The molecule has 1 saturated heterocycles. The Hall–Kier alpha value is -0.0900. The van der Waals surface area contributed by atoms with E-state index in [1.54, 1.807) is 10.9 Å². The molecule has 1 unspecified atom stereocenters. The van der Waals surface area contributed by atoms with Gasteiger partial charge in [-0.3, -0.25) is 0 Å². The van der Waals surface area contributed by atoms with Crippen molar-refractivity contribution in [2.45, 2.75) is 6.42 Å². The van der Waals surface area contributed by atoms with Crippen molar-refractivity contribution in [3.05, 3.63) is 23.0 Å². The third-order valence-electron chi connectivity index (χ3n) is 1.82. The topological polar surface area (TPSA) is 0 Å². The zero-order valence-electron chi connectivity index (χ0n) is 5.02. The third kappa shape index (κ3) is 0.444. The van der Waals surface area contributed by atoms with E-state index in [1.807, 2.05) is 0 Å². The minimum Gasteiger partial charge on any atom is -0.0765 e. The molecular weight excluding hydrogens is 115 g/mol. The fraction of sp³-hybridized carbons (Fsp3) is 0.429. The Morgan fingerprint density at radius 2 is 2.38 bits per heavy atom. The number of rotatable bonds is 0. The smallest absolute Gasteiger partial charge is 0.00321 e. The lowest BCUT2D eigenvalue weighted by atomic mass is 10.3. The molecule has 1 aliphatic carbocycles. The highest BCUT2D eigenvalue weighted by Gasteiger charge is 2.26. The molecule has 0 amide bonds. The molecule has 0 spiro atoms. The van der Waals surface area contributed by atoms with Crippen LogP contribution in [0.15, 0.2) is 23.0 Å². The quantitative estimate of drug-likeness (QED) is 0.435. The first-order valence-corrected chi connectivity index (χ1v) is 4.96. The van der Waals surface area contributed by atoms with E-state index in [0.29, 0.717) is 7.92 Å². The van der Waals surface area contributed by atoms with Crippen LogP contribution < -0.4 is 0 Å². The summed E-state index contributed by atoms with van der Waals surface area (Å²) in [6, 6.07) is 0. The summed E-state index contributed by atoms with van der Waals surface area (Å²) in [5, 5.41) is 1.69. The van der Waals surface area contributed by atoms with Gasteiger partial charge in [-0.1, -0.05) is 20.1 Å². The van der Waals surface area contributed by atoms with Crippen molar-refractivity contribution >= 4 is 7.92 Å². The van der Waals surface area contributed by atoms with Crippen LogP contribution in [0.5, 0.6) is 0 Å². The Labute approximate surface area is 51.0 Å². The van der Waals surface area contributed by atoms with E-state index in [9.17, 15) is 0 Å². The Morgan fingerprint density at radius 3 is 2.88 bits per heavy atom. The van der Waals surface area contributed by atoms with E-state index >= 15 is 0 Å². The van der Waals surface area contributed by atoms with Gasteiger partial charge < -0.3 is 0 Å². The van der Waals surface area contributed by atoms with Gasteiger partial charge in [-0.15, -0.1) is 0 Å². The second kappa shape index (κ2) is 1.45. The summed E-state index contributed by atoms with van der Waals surface area (Å²) in [7, 11) is 0.335. The van der Waals surface area contributed by atoms with Gasteiger partial charge in [0.1, 0.15) is 0 Å². The number of hydrogen-bond donors (Lipinski definition) is 0. The second-order valence-electron chi connectivity index (χ2n) is 2.41. The standard InChI is InChI=1S/C7H9P/c1-8-5-6-3-2-4-7(6)8/h3-4H,2,5H2,1H3. The largest absolute Gasteiger partial charge is 0.0765 e. The molecule has 0 N–H and O–H groups in total. The average molecular weight is 124 g/mol. The Bertz CT molecular complexity index is 177. The van der Waals surface area contributed by atoms with Crippen LogP contribution in [0.1, 0.15) is 6.42 Å². The van der Waals surface area contributed by atoms with Crippen LogP contribution in [0.4, 0.5) is 0 Å². The highest BCUT2D eigenvalue weighted by Crippen LogP contribution is 2.59. The molecule has 1 heterocycles. The van der Waals surface area contributed by atoms with Crippen molar-refractivity contribution in [3.8, 4) is 0 Å². The van der Waals surface area contributed by atoms with Crippen molar-refractivity contribution in [3.63, 3.8) is 0 Å². The van der Waals surface area contributed by atoms with Gasteiger partial charge in [-0.25, -0.2) is 0 Å². The molecule has 0 saturated carbocycles. The van der Waals surface area contributed by atoms with Crippen LogP contribution in [0.3, 0.4) is 0 Å². The predicted octanol–water partition coefficient (Wildman–Crippen LogP) is 2.33. The summed E-state index contributed by atoms with van der Waals surface area (Å²) in [5.41, 5.74) is 1.65. The molecule has 1 heteroatoms. The van der Waals surface area contributed by atoms with Crippen molar-refractivity contribution in [1.82, 2.24) is 0 Å². The lowest BCUT2D eigenvalue weighted by Gasteiger charge is -2.27. The highest BCUT2D eigenvalue weighted by atomic mass is 31.1. The summed E-state index contributed by atoms with van der Waals surface area (Å²) in [6.07, 6.45) is 7.36. The van der Waals surface area contributed by atoms with E-state index < -0.39 is 0 Å². The third-order valence-corrected chi connectivity index (χ3v) is 3.93. The van der Waals surface area contributed by atoms with Crippen LogP contribution in [0, 0.1) is 0 Å². The molecule has 0 nitrogen and oxygen atoms in total. The maximum atomic E-state index is 2.38. The maximum Gasteiger partial charge on any atom is -0.00321 e. The normalized spacial score (nSPS) is 32.9. The Morgan fingerprint density at radius 1 is 1.50 bits per heavy atom. The fourth-order valence-electron chi connectivity index (χ4n) is 1.34. The lowest BCUT2D eigenvalue weighted by Crippen LogP contribution is -2.02. The van der Waals surface area contributed by atoms with Crippen molar-refractivity contribution < 1.29 is 0 Å². The molecule has 0 aromatic heterocycles. The Kier molecular flexibility index (Phi) is 0.861. The van der Waals surface area contributed by atoms with Gasteiger partial charge in [0.25, 0.3) is 0 Å². The van der Waals surface area contributed by atoms with Gasteiger partial charge in [-0.2, -0.15) is 0 Å². The van der Waals surface area contributed by atoms with E-state index in [2.05, 4.69) is 18.8 Å². The molecule has 0 aromatic carbocycles. The lowest BCUT2D eigenvalue weighted by molar-refractivity contribution is 1.41. The first-order valence-electron chi connectivity index (χ1n) is 2.98. The van der Waals surface area contributed by atoms with Gasteiger partial charge in [0.2, 0.25) is 0 Å². The monoisotopic (exact) mass is 124 g/mol. The van der Waals surface area contributed by atoms with Crippen molar-refractivity contribution in [2.75, 3.05) is 12.8 Å². The summed E-state index contributed by atoms with van der Waals surface area (Å²) in [6.45, 7) is 2.36. The molecule has 0 aromatic rings. The molecule has 1 aliphatic heterocycles. The molecular formula is C7H9P. The van der Waals surface area contributed by atoms with Gasteiger partial charge >= 0.3 is 0 Å². The first-order chi connectivity index (χ1) is 3.88. The van der Waals surface area contributed by atoms with Gasteiger partial charge in [0, 0.05) is 0 Å². The molecule has 0 bridgehead atoms. The number of hydrogen-bond acceptors (Lipinski definition) is 0. The SMILES string of the molecule is CP1CC2=CCC=C21. The van der Waals surface area contributed by atoms with Crippen molar-refractivity contribution in [1.29, 1.82) is 0 Å². The molecule has 42 valence electrons. The average Bonchev–Trinajstić information content (AvgIpc) is 2.09. The minimum atomic E-state index is 0.335. The van der Waals surface area contributed by atoms with E-state index in [4.69, 9.17) is 0 Å². The van der Waals surface area contributed by atoms with E-state index in [1.165, 1.54) is 12.6 Å². The number of fused-ring (bicyclic) bond motifs is 1. The van der Waals surface area contributed by atoms with Gasteiger partial charge in [0.15, 0.2) is 0 Å². The zero-order chi connectivity index (χ0) is 5.56. The summed E-state index contributed by atoms with van der Waals surface area (Å²) in [5.74, 6) is 0. The van der Waals surface area contributed by atoms with Crippen LogP contribution in [-0.4, -0.2) is 12.8 Å². The summed E-state index contributed by atoms with van der Waals surface area (Å²) in [4.78, 5) is 0. The zero-order valence-corrected chi connectivity index (χ0v) is 5.91. The summed E-state index contributed by atoms with van der Waals surface area (Å²) >= 11 is 0. The summed E-state index contributed by atoms with van der Waals surface area (Å²) < 4.78 is 0. The highest BCUT2D eigenvalue weighted by molar-refractivity contribution is 7.64. The minimum absolute atomic E-state index is 0.335. The van der Waals surface area contributed by atoms with E-state index in [-0.39, 0.29) is 0 Å². The van der Waals surface area contributed by atoms with Crippen molar-refractivity contribution in [2.24, 2.45) is 0 Å². The van der Waals surface area contributed by atoms with E-state index in [0.717, 1.165) is 0 Å². The molecule has 1 fully saturated rings. The number of allylic oxidation sites excluding steroid dienone is 4. The molecule has 0 radical (unpaired) electrons. The fourth-order valence-corrected chi connectivity index (χ4v) is 3.13. The molecule has 1 atom stereocenters. The molecule has 2 rings (SSSR count). The van der Waals surface area contributed by atoms with Crippen LogP contribution in [-0.2, 0) is 0 Å². The van der Waals surface area contributed by atoms with Gasteiger partial charge in [-0.05, 0) is 30.1 Å².